The highest BCUT2D eigenvalue weighted by Gasteiger charge is 2.19. The van der Waals surface area contributed by atoms with Crippen LogP contribution in [-0.2, 0) is 0 Å². The number of aromatic nitrogens is 4. The minimum Gasteiger partial charge on any atom is -0.383 e. The van der Waals surface area contributed by atoms with Crippen molar-refractivity contribution in [1.82, 2.24) is 20.0 Å². The number of anilines is 1. The first-order valence-corrected chi connectivity index (χ1v) is 6.46. The van der Waals surface area contributed by atoms with Crippen LogP contribution in [0, 0.1) is 10.1 Å². The molecule has 21 heavy (non-hydrogen) atoms. The lowest BCUT2D eigenvalue weighted by Gasteiger charge is -2.02. The number of hydrogen-bond acceptors (Lipinski definition) is 5. The molecule has 0 aliphatic heterocycles. The van der Waals surface area contributed by atoms with E-state index in [0.29, 0.717) is 17.2 Å². The summed E-state index contributed by atoms with van der Waals surface area (Å²) >= 11 is 0. The normalized spacial score (nSPS) is 11.4. The highest BCUT2D eigenvalue weighted by molar-refractivity contribution is 5.90. The van der Waals surface area contributed by atoms with Gasteiger partial charge in [0.25, 0.3) is 5.69 Å². The highest BCUT2D eigenvalue weighted by Crippen LogP contribution is 2.29. The Balaban J connectivity index is 2.18. The maximum atomic E-state index is 10.7. The number of rotatable bonds is 3. The first kappa shape index (κ1) is 13.1. The van der Waals surface area contributed by atoms with Gasteiger partial charge in [-0.3, -0.25) is 15.2 Å². The number of nitro groups is 1. The summed E-state index contributed by atoms with van der Waals surface area (Å²) in [4.78, 5) is 10.3. The van der Waals surface area contributed by atoms with Gasteiger partial charge in [0.05, 0.1) is 21.7 Å². The summed E-state index contributed by atoms with van der Waals surface area (Å²) in [6.07, 6.45) is 0. The quantitative estimate of drug-likeness (QED) is 0.566. The van der Waals surface area contributed by atoms with Gasteiger partial charge in [-0.1, -0.05) is 13.8 Å². The molecular formula is C13H14N6O2. The number of aromatic amines is 1. The summed E-state index contributed by atoms with van der Waals surface area (Å²) in [5, 5.41) is 23.0. The van der Waals surface area contributed by atoms with Crippen molar-refractivity contribution >= 4 is 22.5 Å². The van der Waals surface area contributed by atoms with Gasteiger partial charge in [-0.15, -0.1) is 0 Å². The van der Waals surface area contributed by atoms with Gasteiger partial charge in [0, 0.05) is 12.1 Å². The lowest BCUT2D eigenvalue weighted by atomic mass is 10.1. The van der Waals surface area contributed by atoms with Crippen molar-refractivity contribution in [3.8, 4) is 5.69 Å². The smallest absolute Gasteiger partial charge is 0.269 e. The molecule has 2 aromatic heterocycles. The molecule has 0 fully saturated rings. The molecule has 0 atom stereocenters. The number of non-ortho nitro benzene ring substituents is 1. The van der Waals surface area contributed by atoms with E-state index in [1.807, 2.05) is 13.8 Å². The van der Waals surface area contributed by atoms with Crippen molar-refractivity contribution in [3.63, 3.8) is 0 Å². The fourth-order valence-corrected chi connectivity index (χ4v) is 2.26. The van der Waals surface area contributed by atoms with E-state index in [-0.39, 0.29) is 11.6 Å². The molecule has 3 aromatic rings. The Kier molecular flexibility index (Phi) is 2.86. The maximum Gasteiger partial charge on any atom is 0.269 e. The van der Waals surface area contributed by atoms with E-state index < -0.39 is 4.92 Å². The van der Waals surface area contributed by atoms with Crippen LogP contribution in [-0.4, -0.2) is 24.9 Å². The van der Waals surface area contributed by atoms with Crippen LogP contribution in [0.5, 0.6) is 0 Å². The van der Waals surface area contributed by atoms with Crippen LogP contribution in [0.4, 0.5) is 11.5 Å². The summed E-state index contributed by atoms with van der Waals surface area (Å²) in [6, 6.07) is 6.15. The third-order valence-electron chi connectivity index (χ3n) is 3.29. The summed E-state index contributed by atoms with van der Waals surface area (Å²) in [7, 11) is 0. The van der Waals surface area contributed by atoms with Crippen molar-refractivity contribution < 1.29 is 4.92 Å². The number of nitrogen functional groups attached to an aromatic ring is 1. The Morgan fingerprint density at radius 1 is 1.33 bits per heavy atom. The lowest BCUT2D eigenvalue weighted by Crippen LogP contribution is -2.00. The molecule has 2 heterocycles. The topological polar surface area (TPSA) is 116 Å². The first-order valence-electron chi connectivity index (χ1n) is 6.46. The third kappa shape index (κ3) is 2.00. The largest absolute Gasteiger partial charge is 0.383 e. The van der Waals surface area contributed by atoms with Crippen LogP contribution < -0.4 is 5.73 Å². The number of nitro benzene ring substituents is 1. The van der Waals surface area contributed by atoms with Crippen molar-refractivity contribution in [2.24, 2.45) is 0 Å². The summed E-state index contributed by atoms with van der Waals surface area (Å²) in [5.74, 6) is 0.661. The van der Waals surface area contributed by atoms with Gasteiger partial charge in [-0.2, -0.15) is 10.2 Å². The predicted octanol–water partition coefficient (Wildman–Crippen LogP) is 2.36. The second-order valence-corrected chi connectivity index (χ2v) is 5.06. The molecule has 8 nitrogen and oxygen atoms in total. The van der Waals surface area contributed by atoms with Crippen LogP contribution in [0.25, 0.3) is 16.7 Å². The molecule has 3 rings (SSSR count). The zero-order valence-electron chi connectivity index (χ0n) is 11.6. The highest BCUT2D eigenvalue weighted by atomic mass is 16.6. The van der Waals surface area contributed by atoms with Gasteiger partial charge < -0.3 is 5.73 Å². The van der Waals surface area contributed by atoms with Crippen molar-refractivity contribution in [3.05, 3.63) is 40.1 Å². The van der Waals surface area contributed by atoms with Gasteiger partial charge in [0.15, 0.2) is 5.65 Å². The van der Waals surface area contributed by atoms with Crippen LogP contribution in [0.1, 0.15) is 25.5 Å². The molecule has 0 amide bonds. The molecular weight excluding hydrogens is 272 g/mol. The van der Waals surface area contributed by atoms with E-state index in [1.165, 1.54) is 12.1 Å². The Morgan fingerprint density at radius 2 is 2.00 bits per heavy atom. The van der Waals surface area contributed by atoms with E-state index in [4.69, 9.17) is 5.73 Å². The molecule has 0 bridgehead atoms. The van der Waals surface area contributed by atoms with Gasteiger partial charge in [-0.05, 0) is 18.1 Å². The van der Waals surface area contributed by atoms with E-state index in [9.17, 15) is 10.1 Å². The second kappa shape index (κ2) is 4.58. The molecule has 0 spiro atoms. The second-order valence-electron chi connectivity index (χ2n) is 5.06. The standard InChI is InChI=1S/C13H14N6O2/c1-7(2)11-10-12(14)15-16-13(10)18(17-11)8-3-5-9(6-4-8)19(20)21/h3-7H,1-2H3,(H3,14,15,16). The average molecular weight is 286 g/mol. The van der Waals surface area contributed by atoms with E-state index in [1.54, 1.807) is 16.8 Å². The third-order valence-corrected chi connectivity index (χ3v) is 3.29. The van der Waals surface area contributed by atoms with Crippen LogP contribution in [0.3, 0.4) is 0 Å². The molecule has 0 saturated carbocycles. The van der Waals surface area contributed by atoms with Crippen LogP contribution in [0.2, 0.25) is 0 Å². The minimum atomic E-state index is -0.436. The Morgan fingerprint density at radius 3 is 2.57 bits per heavy atom. The molecule has 0 aliphatic rings. The molecule has 108 valence electrons. The minimum absolute atomic E-state index is 0.0350. The summed E-state index contributed by atoms with van der Waals surface area (Å²) < 4.78 is 1.64. The Bertz CT molecular complexity index is 815. The molecule has 0 radical (unpaired) electrons. The molecule has 1 aromatic carbocycles. The number of benzene rings is 1. The van der Waals surface area contributed by atoms with Gasteiger partial charge in [-0.25, -0.2) is 4.68 Å². The number of fused-ring (bicyclic) bond motifs is 1. The number of nitrogens with one attached hydrogen (secondary N) is 1. The number of H-pyrrole nitrogens is 1. The molecule has 0 saturated heterocycles. The maximum absolute atomic E-state index is 10.7. The Hall–Kier alpha value is -2.90. The van der Waals surface area contributed by atoms with Gasteiger partial charge >= 0.3 is 0 Å². The SMILES string of the molecule is CC(C)c1nn(-c2ccc([N+](=O)[O-])cc2)c2n[nH]c(N)c12. The van der Waals surface area contributed by atoms with Crippen LogP contribution >= 0.6 is 0 Å². The van der Waals surface area contributed by atoms with E-state index in [2.05, 4.69) is 15.3 Å². The number of hydrogen-bond donors (Lipinski definition) is 2. The predicted molar refractivity (Wildman–Crippen MR) is 78.4 cm³/mol. The van der Waals surface area contributed by atoms with Crippen molar-refractivity contribution in [2.75, 3.05) is 5.73 Å². The molecule has 0 unspecified atom stereocenters. The fourth-order valence-electron chi connectivity index (χ4n) is 2.26. The van der Waals surface area contributed by atoms with Crippen molar-refractivity contribution in [2.45, 2.75) is 19.8 Å². The molecule has 3 N–H and O–H groups in total. The first-order chi connectivity index (χ1) is 9.99. The summed E-state index contributed by atoms with van der Waals surface area (Å²) in [6.45, 7) is 4.04. The van der Waals surface area contributed by atoms with Gasteiger partial charge in [0.1, 0.15) is 5.82 Å². The fraction of sp³-hybridized carbons (Fsp3) is 0.231. The average Bonchev–Trinajstić information content (AvgIpc) is 3.00. The zero-order valence-corrected chi connectivity index (χ0v) is 11.6. The van der Waals surface area contributed by atoms with E-state index >= 15 is 0 Å². The van der Waals surface area contributed by atoms with Crippen LogP contribution in [0.15, 0.2) is 24.3 Å². The van der Waals surface area contributed by atoms with E-state index in [0.717, 1.165) is 11.1 Å². The lowest BCUT2D eigenvalue weighted by molar-refractivity contribution is -0.384. The van der Waals surface area contributed by atoms with Gasteiger partial charge in [0.2, 0.25) is 0 Å². The monoisotopic (exact) mass is 286 g/mol. The summed E-state index contributed by atoms with van der Waals surface area (Å²) in [5.41, 5.74) is 8.10. The molecule has 0 aliphatic carbocycles. The number of nitrogens with two attached hydrogens (primary N) is 1. The molecule has 8 heteroatoms. The van der Waals surface area contributed by atoms with Crippen molar-refractivity contribution in [1.29, 1.82) is 0 Å². The zero-order chi connectivity index (χ0) is 15.1. The number of nitrogens with zero attached hydrogens (tertiary/aromatic N) is 4. The Labute approximate surface area is 119 Å².